The summed E-state index contributed by atoms with van der Waals surface area (Å²) in [5.74, 6) is 1.16. The molecule has 0 aliphatic carbocycles. The number of nitrogens with zero attached hydrogens (tertiary/aromatic N) is 1. The van der Waals surface area contributed by atoms with Crippen LogP contribution in [-0.4, -0.2) is 30.2 Å². The molecule has 1 rings (SSSR count). The summed E-state index contributed by atoms with van der Waals surface area (Å²) in [7, 11) is -1.59. The van der Waals surface area contributed by atoms with Crippen molar-refractivity contribution in [3.05, 3.63) is 11.8 Å². The molecule has 0 aromatic rings. The average Bonchev–Trinajstić information content (AvgIpc) is 1.90. The van der Waals surface area contributed by atoms with Crippen LogP contribution in [0.1, 0.15) is 41.0 Å². The maximum Gasteiger partial charge on any atom is 0.241 e. The van der Waals surface area contributed by atoms with Gasteiger partial charge in [-0.25, -0.2) is 0 Å². The Morgan fingerprint density at radius 3 is 2.11 bits per heavy atom. The lowest BCUT2D eigenvalue weighted by atomic mass is 9.84. The van der Waals surface area contributed by atoms with Crippen LogP contribution in [0.15, 0.2) is 11.8 Å². The molecule has 0 saturated carbocycles. The first-order chi connectivity index (χ1) is 7.85. The molecule has 18 heavy (non-hydrogen) atoms. The lowest BCUT2D eigenvalue weighted by molar-refractivity contribution is -0.141. The summed E-state index contributed by atoms with van der Waals surface area (Å²) >= 11 is 0. The predicted octanol–water partition coefficient (Wildman–Crippen LogP) is 3.53. The fourth-order valence-corrected chi connectivity index (χ4v) is 4.00. The van der Waals surface area contributed by atoms with E-state index in [9.17, 15) is 4.79 Å². The number of carbonyl (C=O) groups excluding carboxylic acids is 1. The first kappa shape index (κ1) is 15.3. The Labute approximate surface area is 112 Å². The van der Waals surface area contributed by atoms with E-state index < -0.39 is 8.32 Å². The molecule has 1 heterocycles. The Morgan fingerprint density at radius 2 is 1.78 bits per heavy atom. The number of hydrogen-bond acceptors (Lipinski definition) is 2. The topological polar surface area (TPSA) is 29.5 Å². The van der Waals surface area contributed by atoms with Crippen LogP contribution in [-0.2, 0) is 9.22 Å². The van der Waals surface area contributed by atoms with Gasteiger partial charge in [0, 0.05) is 18.9 Å². The predicted molar refractivity (Wildman–Crippen MR) is 77.8 cm³/mol. The van der Waals surface area contributed by atoms with E-state index in [4.69, 9.17) is 4.43 Å². The Hall–Kier alpha value is -0.773. The third-order valence-corrected chi connectivity index (χ3v) is 3.93. The highest BCUT2D eigenvalue weighted by Gasteiger charge is 2.43. The van der Waals surface area contributed by atoms with Crippen molar-refractivity contribution in [1.29, 1.82) is 0 Å². The number of hydrogen-bond donors (Lipinski definition) is 0. The number of rotatable bonds is 2. The Kier molecular flexibility index (Phi) is 3.74. The van der Waals surface area contributed by atoms with Gasteiger partial charge in [-0.3, -0.25) is 4.79 Å². The molecule has 3 nitrogen and oxygen atoms in total. The highest BCUT2D eigenvalue weighted by atomic mass is 28.4. The molecule has 0 aromatic carbocycles. The van der Waals surface area contributed by atoms with Crippen molar-refractivity contribution in [2.45, 2.75) is 71.8 Å². The molecule has 0 atom stereocenters. The maximum absolute atomic E-state index is 11.9. The molecule has 0 N–H and O–H groups in total. The quantitative estimate of drug-likeness (QED) is 0.718. The third kappa shape index (κ3) is 3.37. The molecule has 4 heteroatoms. The zero-order valence-corrected chi connectivity index (χ0v) is 14.0. The molecule has 0 aromatic heterocycles. The number of amides is 1. The van der Waals surface area contributed by atoms with Crippen LogP contribution in [0.5, 0.6) is 0 Å². The first-order valence-corrected chi connectivity index (χ1v) is 9.98. The maximum atomic E-state index is 11.9. The van der Waals surface area contributed by atoms with Crippen molar-refractivity contribution < 1.29 is 9.22 Å². The molecule has 1 aliphatic heterocycles. The fourth-order valence-electron chi connectivity index (χ4n) is 3.09. The average molecular weight is 269 g/mol. The van der Waals surface area contributed by atoms with Gasteiger partial charge in [0.15, 0.2) is 0 Å². The Morgan fingerprint density at radius 1 is 1.28 bits per heavy atom. The summed E-state index contributed by atoms with van der Waals surface area (Å²) in [5, 5.41) is 0. The second-order valence-electron chi connectivity index (χ2n) is 7.32. The van der Waals surface area contributed by atoms with Crippen molar-refractivity contribution in [2.75, 3.05) is 0 Å². The standard InChI is InChI=1S/C14H27NO2Si/c1-11(16)15-13(2,3)9-12(10-14(15,4)5)17-18(6,7)8/h9H,10H2,1-8H3. The van der Waals surface area contributed by atoms with E-state index in [1.807, 2.05) is 4.90 Å². The highest BCUT2D eigenvalue weighted by molar-refractivity contribution is 6.70. The molecule has 0 fully saturated rings. The van der Waals surface area contributed by atoms with Gasteiger partial charge in [0.2, 0.25) is 14.2 Å². The van der Waals surface area contributed by atoms with Gasteiger partial charge >= 0.3 is 0 Å². The molecule has 0 radical (unpaired) electrons. The Balaban J connectivity index is 3.12. The second kappa shape index (κ2) is 4.40. The molecular weight excluding hydrogens is 242 g/mol. The van der Waals surface area contributed by atoms with Gasteiger partial charge in [-0.2, -0.15) is 0 Å². The van der Waals surface area contributed by atoms with Crippen molar-refractivity contribution in [3.63, 3.8) is 0 Å². The van der Waals surface area contributed by atoms with Crippen LogP contribution in [0.25, 0.3) is 0 Å². The van der Waals surface area contributed by atoms with Gasteiger partial charge in [-0.05, 0) is 53.4 Å². The van der Waals surface area contributed by atoms with E-state index in [2.05, 4.69) is 53.4 Å². The summed E-state index contributed by atoms with van der Waals surface area (Å²) in [5.41, 5.74) is -0.484. The molecule has 0 bridgehead atoms. The van der Waals surface area contributed by atoms with Gasteiger partial charge in [0.05, 0.1) is 11.3 Å². The van der Waals surface area contributed by atoms with E-state index in [-0.39, 0.29) is 17.0 Å². The molecule has 1 amide bonds. The van der Waals surface area contributed by atoms with Gasteiger partial charge in [-0.15, -0.1) is 0 Å². The van der Waals surface area contributed by atoms with Crippen molar-refractivity contribution in [1.82, 2.24) is 4.90 Å². The van der Waals surface area contributed by atoms with E-state index >= 15 is 0 Å². The normalized spacial score (nSPS) is 22.4. The second-order valence-corrected chi connectivity index (χ2v) is 11.8. The van der Waals surface area contributed by atoms with Crippen molar-refractivity contribution in [2.24, 2.45) is 0 Å². The monoisotopic (exact) mass is 269 g/mol. The minimum atomic E-state index is -1.59. The highest BCUT2D eigenvalue weighted by Crippen LogP contribution is 2.38. The summed E-state index contributed by atoms with van der Waals surface area (Å²) < 4.78 is 6.14. The van der Waals surface area contributed by atoms with Crippen molar-refractivity contribution in [3.8, 4) is 0 Å². The molecule has 1 aliphatic rings. The van der Waals surface area contributed by atoms with Crippen LogP contribution in [0.3, 0.4) is 0 Å². The smallest absolute Gasteiger partial charge is 0.241 e. The SMILES string of the molecule is CC(=O)N1C(C)(C)C=C(O[Si](C)(C)C)CC1(C)C. The summed E-state index contributed by atoms with van der Waals surface area (Å²) in [4.78, 5) is 13.8. The van der Waals surface area contributed by atoms with Crippen LogP contribution in [0.2, 0.25) is 19.6 Å². The number of carbonyl (C=O) groups is 1. The zero-order chi connectivity index (χ0) is 14.4. The van der Waals surface area contributed by atoms with Gasteiger partial charge in [0.1, 0.15) is 0 Å². The largest absolute Gasteiger partial charge is 0.547 e. The summed E-state index contributed by atoms with van der Waals surface area (Å²) in [6.45, 7) is 16.6. The first-order valence-electron chi connectivity index (χ1n) is 6.57. The minimum Gasteiger partial charge on any atom is -0.547 e. The van der Waals surface area contributed by atoms with E-state index in [0.717, 1.165) is 12.2 Å². The molecule has 0 spiro atoms. The summed E-state index contributed by atoms with van der Waals surface area (Å²) in [6.07, 6.45) is 2.90. The third-order valence-electron chi connectivity index (χ3n) is 3.05. The molecule has 104 valence electrons. The lowest BCUT2D eigenvalue weighted by Crippen LogP contribution is -2.59. The zero-order valence-electron chi connectivity index (χ0n) is 13.0. The molecular formula is C14H27NO2Si. The minimum absolute atomic E-state index is 0.119. The van der Waals surface area contributed by atoms with E-state index in [1.165, 1.54) is 0 Å². The van der Waals surface area contributed by atoms with Crippen molar-refractivity contribution >= 4 is 14.2 Å². The van der Waals surface area contributed by atoms with Gasteiger partial charge in [-0.1, -0.05) is 0 Å². The van der Waals surface area contributed by atoms with Gasteiger partial charge < -0.3 is 9.33 Å². The van der Waals surface area contributed by atoms with E-state index in [1.54, 1.807) is 6.92 Å². The Bertz CT molecular complexity index is 378. The van der Waals surface area contributed by atoms with Crippen LogP contribution >= 0.6 is 0 Å². The van der Waals surface area contributed by atoms with E-state index in [0.29, 0.717) is 0 Å². The fraction of sp³-hybridized carbons (Fsp3) is 0.786. The molecule has 0 unspecified atom stereocenters. The lowest BCUT2D eigenvalue weighted by Gasteiger charge is -2.51. The van der Waals surface area contributed by atoms with Crippen LogP contribution < -0.4 is 0 Å². The van der Waals surface area contributed by atoms with Gasteiger partial charge in [0.25, 0.3) is 0 Å². The van der Waals surface area contributed by atoms with Crippen LogP contribution in [0.4, 0.5) is 0 Å². The summed E-state index contributed by atoms with van der Waals surface area (Å²) in [6, 6.07) is 0. The molecule has 0 saturated heterocycles. The van der Waals surface area contributed by atoms with Crippen LogP contribution in [0, 0.1) is 0 Å².